The first-order chi connectivity index (χ1) is 29.2. The minimum atomic E-state index is -4.37. The van der Waals surface area contributed by atoms with E-state index in [2.05, 4.69) is 15.2 Å². The van der Waals surface area contributed by atoms with Gasteiger partial charge in [-0.05, 0) is 110 Å². The van der Waals surface area contributed by atoms with E-state index >= 15 is 0 Å². The molecule has 0 bridgehead atoms. The van der Waals surface area contributed by atoms with Crippen LogP contribution in [0.5, 0.6) is 0 Å². The molecule has 2 N–H and O–H groups in total. The predicted molar refractivity (Wildman–Crippen MR) is 216 cm³/mol. The smallest absolute Gasteiger partial charge is 0.371 e. The van der Waals surface area contributed by atoms with Crippen molar-refractivity contribution in [1.82, 2.24) is 30.0 Å². The van der Waals surface area contributed by atoms with Crippen molar-refractivity contribution in [2.24, 2.45) is 5.92 Å². The lowest BCUT2D eigenvalue weighted by molar-refractivity contribution is -0.155. The van der Waals surface area contributed by atoms with Crippen molar-refractivity contribution in [1.29, 1.82) is 0 Å². The Bertz CT molecular complexity index is 2430. The highest BCUT2D eigenvalue weighted by Crippen LogP contribution is 2.43. The summed E-state index contributed by atoms with van der Waals surface area (Å²) in [6, 6.07) is 11.1. The van der Waals surface area contributed by atoms with E-state index in [0.717, 1.165) is 43.7 Å². The van der Waals surface area contributed by atoms with Gasteiger partial charge in [-0.1, -0.05) is 6.07 Å². The zero-order valence-corrected chi connectivity index (χ0v) is 33.7. The molecule has 0 radical (unpaired) electrons. The summed E-state index contributed by atoms with van der Waals surface area (Å²) >= 11 is 0. The summed E-state index contributed by atoms with van der Waals surface area (Å²) in [5, 5.41) is 3.25. The number of aromatic nitrogens is 2. The lowest BCUT2D eigenvalue weighted by Crippen LogP contribution is -2.58. The molecular formula is C45H46F3N7O6. The fourth-order valence-electron chi connectivity index (χ4n) is 10.8. The third kappa shape index (κ3) is 7.06. The van der Waals surface area contributed by atoms with Crippen LogP contribution in [0.3, 0.4) is 0 Å². The van der Waals surface area contributed by atoms with E-state index in [1.165, 1.54) is 4.90 Å². The van der Waals surface area contributed by atoms with Crippen LogP contribution in [0.25, 0.3) is 10.9 Å². The van der Waals surface area contributed by atoms with E-state index in [1.54, 1.807) is 18.3 Å². The number of halogens is 3. The lowest BCUT2D eigenvalue weighted by atomic mass is 9.85. The molecule has 5 amide bonds. The number of carbonyl (C=O) groups is 5. The Labute approximate surface area is 349 Å². The van der Waals surface area contributed by atoms with Gasteiger partial charge in [0, 0.05) is 62.2 Å². The number of rotatable bonds is 6. The summed E-state index contributed by atoms with van der Waals surface area (Å²) in [5.41, 5.74) is 6.17. The van der Waals surface area contributed by atoms with Crippen molar-refractivity contribution in [3.63, 3.8) is 0 Å². The molecule has 61 heavy (non-hydrogen) atoms. The Kier molecular flexibility index (Phi) is 9.58. The number of alkyl halides is 3. The summed E-state index contributed by atoms with van der Waals surface area (Å²) < 4.78 is 48.2. The Morgan fingerprint density at radius 3 is 2.36 bits per heavy atom. The number of nitrogens with one attached hydrogen (secondary N) is 2. The maximum absolute atomic E-state index is 13.9. The van der Waals surface area contributed by atoms with Gasteiger partial charge in [-0.2, -0.15) is 13.2 Å². The van der Waals surface area contributed by atoms with Gasteiger partial charge in [0.25, 0.3) is 11.8 Å². The van der Waals surface area contributed by atoms with Crippen LogP contribution >= 0.6 is 0 Å². The van der Waals surface area contributed by atoms with E-state index < -0.39 is 54.0 Å². The molecule has 1 aliphatic carbocycles. The number of H-pyrrole nitrogens is 1. The summed E-state index contributed by atoms with van der Waals surface area (Å²) in [4.78, 5) is 79.3. The van der Waals surface area contributed by atoms with Gasteiger partial charge < -0.3 is 19.5 Å². The predicted octanol–water partition coefficient (Wildman–Crippen LogP) is 4.87. The SMILES string of the molecule is C[C@@H]1Cc2c(ccc3[nH]ccc23)[C@@H](c2ccc(N3CCC4(CC3)CN(C(=O)CC3Cc5cc6c(cc5C3)C(=O)N(C3CCC(=O)NC3=O)C6=O)CCO4)cn2)N1CC(F)(F)F. The average molecular weight is 838 g/mol. The molecular weight excluding hydrogens is 792 g/mol. The standard InChI is InChI=1S/C45H46F3N7O6/c1-25-16-32-30-8-11-49-35(30)5-3-31(32)40(54(25)24-45(46,47)48)36-4-2-29(22-50-36)52-12-9-44(10-13-52)23-53(14-15-61-44)39(57)19-26-17-27-20-33-34(21-28(27)18-26)43(60)55(42(33)59)37-6-7-38(56)51-41(37)58/h2-5,8,11,20-22,25-26,37,40,49H,6-7,9-10,12-19,23-24H2,1H3,(H,51,56,58)/t25-,37?,40+/m1/s1. The Hall–Kier alpha value is -5.61. The van der Waals surface area contributed by atoms with E-state index in [9.17, 15) is 37.1 Å². The molecule has 3 saturated heterocycles. The van der Waals surface area contributed by atoms with Crippen molar-refractivity contribution in [2.75, 3.05) is 44.2 Å². The normalized spacial score (nSPS) is 24.4. The Morgan fingerprint density at radius 1 is 0.951 bits per heavy atom. The highest BCUT2D eigenvalue weighted by molar-refractivity contribution is 6.23. The van der Waals surface area contributed by atoms with Crippen LogP contribution in [0, 0.1) is 5.92 Å². The first kappa shape index (κ1) is 39.5. The number of carbonyl (C=O) groups excluding carboxylic acids is 5. The molecule has 1 spiro atoms. The fourth-order valence-corrected chi connectivity index (χ4v) is 10.8. The van der Waals surface area contributed by atoms with Crippen molar-refractivity contribution < 1.29 is 41.9 Å². The highest BCUT2D eigenvalue weighted by Gasteiger charge is 2.47. The Morgan fingerprint density at radius 2 is 1.69 bits per heavy atom. The molecule has 3 fully saturated rings. The molecule has 7 heterocycles. The van der Waals surface area contributed by atoms with Crippen molar-refractivity contribution in [3.05, 3.63) is 93.9 Å². The number of ether oxygens (including phenoxy) is 1. The number of amides is 5. The summed E-state index contributed by atoms with van der Waals surface area (Å²) in [7, 11) is 0. The molecule has 318 valence electrons. The zero-order chi connectivity index (χ0) is 42.4. The maximum Gasteiger partial charge on any atom is 0.401 e. The molecule has 16 heteroatoms. The van der Waals surface area contributed by atoms with Crippen LogP contribution in [0.15, 0.2) is 54.9 Å². The highest BCUT2D eigenvalue weighted by atomic mass is 19.4. The number of fused-ring (bicyclic) bond motifs is 5. The van der Waals surface area contributed by atoms with Crippen LogP contribution in [0.1, 0.15) is 93.7 Å². The van der Waals surface area contributed by atoms with Gasteiger partial charge in [0.2, 0.25) is 17.7 Å². The van der Waals surface area contributed by atoms with Crippen LogP contribution in [-0.2, 0) is 38.4 Å². The van der Waals surface area contributed by atoms with Crippen LogP contribution in [0.2, 0.25) is 0 Å². The van der Waals surface area contributed by atoms with Gasteiger partial charge in [-0.3, -0.25) is 44.1 Å². The topological polar surface area (TPSA) is 148 Å². The number of benzene rings is 2. The minimum Gasteiger partial charge on any atom is -0.371 e. The zero-order valence-electron chi connectivity index (χ0n) is 33.7. The summed E-state index contributed by atoms with van der Waals surface area (Å²) in [6.45, 7) is 3.55. The largest absolute Gasteiger partial charge is 0.401 e. The molecule has 2 aromatic carbocycles. The molecule has 5 aliphatic heterocycles. The van der Waals surface area contributed by atoms with Gasteiger partial charge in [0.1, 0.15) is 6.04 Å². The van der Waals surface area contributed by atoms with Gasteiger partial charge in [0.15, 0.2) is 0 Å². The average Bonchev–Trinajstić information content (AvgIpc) is 3.93. The van der Waals surface area contributed by atoms with Gasteiger partial charge in [0.05, 0.1) is 53.5 Å². The third-order valence-corrected chi connectivity index (χ3v) is 13.9. The number of hydrogen-bond acceptors (Lipinski definition) is 9. The second kappa shape index (κ2) is 14.8. The molecule has 6 aliphatic rings. The molecule has 0 saturated carbocycles. The van der Waals surface area contributed by atoms with Crippen molar-refractivity contribution >= 4 is 46.1 Å². The molecule has 2 aromatic heterocycles. The number of aromatic amines is 1. The number of hydrogen-bond donors (Lipinski definition) is 2. The van der Waals surface area contributed by atoms with E-state index in [4.69, 9.17) is 9.72 Å². The van der Waals surface area contributed by atoms with Crippen molar-refractivity contribution in [2.45, 2.75) is 88.2 Å². The second-order valence-electron chi connectivity index (χ2n) is 17.7. The fraction of sp³-hybridized carbons (Fsp3) is 0.467. The lowest BCUT2D eigenvalue weighted by Gasteiger charge is -2.48. The third-order valence-electron chi connectivity index (χ3n) is 13.9. The quantitative estimate of drug-likeness (QED) is 0.260. The van der Waals surface area contributed by atoms with Gasteiger partial charge in [-0.25, -0.2) is 0 Å². The maximum atomic E-state index is 13.9. The molecule has 13 nitrogen and oxygen atoms in total. The van der Waals surface area contributed by atoms with Crippen LogP contribution in [0.4, 0.5) is 18.9 Å². The molecule has 4 aromatic rings. The number of pyridine rings is 1. The van der Waals surface area contributed by atoms with Gasteiger partial charge in [-0.15, -0.1) is 0 Å². The number of nitrogens with zero attached hydrogens (tertiary/aromatic N) is 5. The first-order valence-electron chi connectivity index (χ1n) is 21.2. The number of imide groups is 2. The monoisotopic (exact) mass is 837 g/mol. The molecule has 1 unspecified atom stereocenters. The summed E-state index contributed by atoms with van der Waals surface area (Å²) in [5.74, 6) is -2.09. The Balaban J connectivity index is 0.770. The number of piperidine rings is 2. The number of morpholine rings is 1. The van der Waals surface area contributed by atoms with Gasteiger partial charge >= 0.3 is 6.18 Å². The molecule has 10 rings (SSSR count). The van der Waals surface area contributed by atoms with Crippen molar-refractivity contribution in [3.8, 4) is 0 Å². The molecule has 3 atom stereocenters. The first-order valence-corrected chi connectivity index (χ1v) is 21.2. The van der Waals surface area contributed by atoms with Crippen LogP contribution < -0.4 is 10.2 Å². The summed E-state index contributed by atoms with van der Waals surface area (Å²) in [6.07, 6.45) is 2.80. The van der Waals surface area contributed by atoms with Crippen LogP contribution in [-0.4, -0.2) is 117 Å². The minimum absolute atomic E-state index is 0.0121. The second-order valence-corrected chi connectivity index (χ2v) is 17.7. The van der Waals surface area contributed by atoms with E-state index in [0.29, 0.717) is 77.0 Å². The van der Waals surface area contributed by atoms with E-state index in [-0.39, 0.29) is 41.8 Å². The van der Waals surface area contributed by atoms with E-state index in [1.807, 2.05) is 48.4 Å². The number of anilines is 1.